The van der Waals surface area contributed by atoms with Crippen molar-refractivity contribution >= 4 is 25.6 Å². The van der Waals surface area contributed by atoms with E-state index in [0.29, 0.717) is 17.8 Å². The smallest absolute Gasteiger partial charge is 0.255 e. The number of aryl methyl sites for hydroxylation is 2. The molecule has 1 fully saturated rings. The minimum absolute atomic E-state index is 0.0389. The molecule has 1 aromatic heterocycles. The molecule has 1 saturated heterocycles. The van der Waals surface area contributed by atoms with Crippen LogP contribution in [0.2, 0.25) is 18.6 Å². The topological polar surface area (TPSA) is 136 Å². The first kappa shape index (κ1) is 31.6. The summed E-state index contributed by atoms with van der Waals surface area (Å²) in [5.41, 5.74) is 10.6. The zero-order chi connectivity index (χ0) is 31.3. The van der Waals surface area contributed by atoms with Crippen LogP contribution in [0.25, 0.3) is 0 Å². The number of nitrogen functional groups attached to an aromatic ring is 1. The molecule has 0 spiro atoms. The Labute approximate surface area is 260 Å². The number of carbonyl (C=O) groups excluding carboxylic acids is 1. The van der Waals surface area contributed by atoms with Crippen LogP contribution in [-0.4, -0.2) is 57.9 Å². The fourth-order valence-electron chi connectivity index (χ4n) is 6.48. The zero-order valence-corrected chi connectivity index (χ0v) is 26.6. The number of nitrogens with zero attached hydrogens (tertiary/aromatic N) is 3. The molecule has 1 unspecified atom stereocenters. The lowest BCUT2D eigenvalue weighted by Gasteiger charge is -2.30. The van der Waals surface area contributed by atoms with E-state index < -0.39 is 8.32 Å². The normalized spacial score (nSPS) is 20.8. The van der Waals surface area contributed by atoms with E-state index in [2.05, 4.69) is 22.6 Å². The summed E-state index contributed by atoms with van der Waals surface area (Å²) in [5, 5.41) is 21.6. The van der Waals surface area contributed by atoms with Crippen molar-refractivity contribution in [2.75, 3.05) is 17.7 Å². The van der Waals surface area contributed by atoms with E-state index in [4.69, 9.17) is 10.5 Å². The number of ether oxygens (including phenoxy) is 1. The van der Waals surface area contributed by atoms with Crippen molar-refractivity contribution in [1.82, 2.24) is 15.0 Å². The molecule has 5 rings (SSSR count). The van der Waals surface area contributed by atoms with Gasteiger partial charge in [-0.15, -0.1) is 5.10 Å². The third kappa shape index (κ3) is 7.62. The first-order valence-electron chi connectivity index (χ1n) is 15.3. The minimum atomic E-state index is -2.51. The molecule has 10 heteroatoms. The summed E-state index contributed by atoms with van der Waals surface area (Å²) in [7, 11) is -2.51. The highest BCUT2D eigenvalue weighted by atomic mass is 28.4. The van der Waals surface area contributed by atoms with Crippen molar-refractivity contribution in [3.63, 3.8) is 0 Å². The van der Waals surface area contributed by atoms with Crippen LogP contribution < -0.4 is 11.1 Å². The highest BCUT2D eigenvalue weighted by Gasteiger charge is 2.49. The number of amides is 1. The van der Waals surface area contributed by atoms with E-state index in [1.165, 1.54) is 5.56 Å². The van der Waals surface area contributed by atoms with Crippen LogP contribution in [0.4, 0.5) is 11.4 Å². The Balaban J connectivity index is 1.17. The summed E-state index contributed by atoms with van der Waals surface area (Å²) in [4.78, 5) is 23.8. The Morgan fingerprint density at radius 3 is 2.39 bits per heavy atom. The van der Waals surface area contributed by atoms with Crippen LogP contribution in [0.5, 0.6) is 0 Å². The second-order valence-corrected chi connectivity index (χ2v) is 16.4. The number of hydrogen-bond donors (Lipinski definition) is 4. The Bertz CT molecular complexity index is 1510. The van der Waals surface area contributed by atoms with Gasteiger partial charge >= 0.3 is 0 Å². The molecule has 1 aliphatic rings. The molecule has 2 heterocycles. The van der Waals surface area contributed by atoms with Gasteiger partial charge in [-0.25, -0.2) is 0 Å². The van der Waals surface area contributed by atoms with Gasteiger partial charge in [0, 0.05) is 35.2 Å². The molecule has 0 bridgehead atoms. The Kier molecular flexibility index (Phi) is 9.95. The van der Waals surface area contributed by atoms with Gasteiger partial charge in [0.2, 0.25) is 0 Å². The lowest BCUT2D eigenvalue weighted by atomic mass is 9.95. The molecule has 0 radical (unpaired) electrons. The van der Waals surface area contributed by atoms with E-state index in [1.54, 1.807) is 24.3 Å². The first-order chi connectivity index (χ1) is 21.1. The molecule has 3 aromatic carbocycles. The highest BCUT2D eigenvalue weighted by molar-refractivity contribution is 6.71. The fraction of sp³-hybridized carbons (Fsp3) is 0.382. The monoisotopic (exact) mass is 613 g/mol. The molecule has 5 N–H and O–H groups in total. The Morgan fingerprint density at radius 1 is 1.02 bits per heavy atom. The predicted octanol–water partition coefficient (Wildman–Crippen LogP) is 5.23. The number of benzene rings is 3. The van der Waals surface area contributed by atoms with Gasteiger partial charge in [0.25, 0.3) is 5.91 Å². The molecule has 4 aromatic rings. The molecular weight excluding hydrogens is 570 g/mol. The van der Waals surface area contributed by atoms with Gasteiger partial charge in [-0.3, -0.25) is 9.48 Å². The summed E-state index contributed by atoms with van der Waals surface area (Å²) in [6.07, 6.45) is 4.28. The number of rotatable bonds is 12. The van der Waals surface area contributed by atoms with Crippen LogP contribution >= 0.6 is 0 Å². The van der Waals surface area contributed by atoms with Crippen molar-refractivity contribution in [2.24, 2.45) is 5.92 Å². The number of aromatic nitrogens is 3. The minimum Gasteiger partial charge on any atom is -0.432 e. The molecule has 0 aliphatic carbocycles. The summed E-state index contributed by atoms with van der Waals surface area (Å²) in [6.45, 7) is 6.79. The SMILES string of the molecule is C[C@H]1[C@H]([Si](C)(C)O)[C@@H](CCn2cc(C(CO)c3ccccc3)nn2)O[C@H]1CCc1ccc(NC(=O)c2ccc(N)cc2)cc1. The molecule has 44 heavy (non-hydrogen) atoms. The van der Waals surface area contributed by atoms with Gasteiger partial charge in [0.1, 0.15) is 0 Å². The standard InChI is InChI=1S/C34H43N5O4Si/c1-23-31(18-11-24-9-16-28(17-10-24)36-34(41)26-12-14-27(35)15-13-26)43-32(33(23)44(2,3)42)19-20-39-21-30(37-38-39)29(22-40)25-7-5-4-6-8-25/h4-10,12-17,21,23,29,31-33,40,42H,11,18-20,22,35H2,1-3H3,(H,36,41)/t23-,29?,31+,32-,33+/m1/s1. The average Bonchev–Trinajstić information content (AvgIpc) is 3.60. The Hall–Kier alpha value is -3.83. The number of nitrogens with one attached hydrogen (secondary N) is 1. The molecule has 1 aliphatic heterocycles. The van der Waals surface area contributed by atoms with Crippen LogP contribution in [0.3, 0.4) is 0 Å². The molecule has 1 amide bonds. The Morgan fingerprint density at radius 2 is 1.73 bits per heavy atom. The average molecular weight is 614 g/mol. The first-order valence-corrected chi connectivity index (χ1v) is 18.3. The van der Waals surface area contributed by atoms with Crippen molar-refractivity contribution in [2.45, 2.75) is 69.5 Å². The van der Waals surface area contributed by atoms with Crippen LogP contribution in [0.1, 0.15) is 52.9 Å². The molecular formula is C34H43N5O4Si. The van der Waals surface area contributed by atoms with Gasteiger partial charge in [-0.05, 0) is 85.8 Å². The van der Waals surface area contributed by atoms with Crippen molar-refractivity contribution in [3.8, 4) is 0 Å². The van der Waals surface area contributed by atoms with Gasteiger partial charge in [0.05, 0.1) is 30.4 Å². The second-order valence-electron chi connectivity index (χ2n) is 12.4. The molecule has 5 atom stereocenters. The van der Waals surface area contributed by atoms with E-state index in [0.717, 1.165) is 36.2 Å². The predicted molar refractivity (Wildman–Crippen MR) is 175 cm³/mol. The summed E-state index contributed by atoms with van der Waals surface area (Å²) < 4.78 is 8.46. The van der Waals surface area contributed by atoms with Crippen molar-refractivity contribution < 1.29 is 19.4 Å². The van der Waals surface area contributed by atoms with E-state index >= 15 is 0 Å². The van der Waals surface area contributed by atoms with E-state index in [9.17, 15) is 14.7 Å². The lowest BCUT2D eigenvalue weighted by molar-refractivity contribution is 0.0245. The van der Waals surface area contributed by atoms with Crippen molar-refractivity contribution in [3.05, 3.63) is 107 Å². The molecule has 9 nitrogen and oxygen atoms in total. The molecule has 232 valence electrons. The lowest BCUT2D eigenvalue weighted by Crippen LogP contribution is -2.40. The van der Waals surface area contributed by atoms with Gasteiger partial charge in [-0.1, -0.05) is 54.6 Å². The third-order valence-electron chi connectivity index (χ3n) is 8.76. The maximum atomic E-state index is 12.5. The number of aliphatic hydroxyl groups is 1. The van der Waals surface area contributed by atoms with Crippen LogP contribution in [-0.2, 0) is 17.7 Å². The quantitative estimate of drug-likeness (QED) is 0.127. The summed E-state index contributed by atoms with van der Waals surface area (Å²) >= 11 is 0. The zero-order valence-electron chi connectivity index (χ0n) is 25.6. The molecule has 0 saturated carbocycles. The number of hydrogen-bond acceptors (Lipinski definition) is 7. The number of carbonyl (C=O) groups is 1. The maximum Gasteiger partial charge on any atom is 0.255 e. The number of anilines is 2. The van der Waals surface area contributed by atoms with Crippen molar-refractivity contribution in [1.29, 1.82) is 0 Å². The number of nitrogens with two attached hydrogens (primary N) is 1. The highest BCUT2D eigenvalue weighted by Crippen LogP contribution is 2.45. The van der Waals surface area contributed by atoms with Gasteiger partial charge in [-0.2, -0.15) is 0 Å². The maximum absolute atomic E-state index is 12.5. The fourth-order valence-corrected chi connectivity index (χ4v) is 9.13. The van der Waals surface area contributed by atoms with Crippen LogP contribution in [0, 0.1) is 5.92 Å². The number of aliphatic hydroxyl groups excluding tert-OH is 1. The summed E-state index contributed by atoms with van der Waals surface area (Å²) in [5.74, 6) is -0.165. The van der Waals surface area contributed by atoms with Gasteiger partial charge < -0.3 is 25.7 Å². The summed E-state index contributed by atoms with van der Waals surface area (Å²) in [6, 6.07) is 24.6. The van der Waals surface area contributed by atoms with Crippen LogP contribution in [0.15, 0.2) is 85.1 Å². The third-order valence-corrected chi connectivity index (χ3v) is 11.3. The largest absolute Gasteiger partial charge is 0.432 e. The van der Waals surface area contributed by atoms with E-state index in [-0.39, 0.29) is 42.1 Å². The second kappa shape index (κ2) is 13.9. The van der Waals surface area contributed by atoms with Gasteiger partial charge in [0.15, 0.2) is 8.32 Å². The van der Waals surface area contributed by atoms with E-state index in [1.807, 2.05) is 78.6 Å².